The van der Waals surface area contributed by atoms with Crippen molar-refractivity contribution in [3.05, 3.63) is 63.8 Å². The zero-order chi connectivity index (χ0) is 21.0. The van der Waals surface area contributed by atoms with Crippen LogP contribution in [-0.2, 0) is 14.8 Å². The third-order valence-corrected chi connectivity index (χ3v) is 5.79. The zero-order valence-corrected chi connectivity index (χ0v) is 18.1. The monoisotopic (exact) mass is 499 g/mol. The lowest BCUT2D eigenvalue weighted by molar-refractivity contribution is -0.118. The molecule has 0 fully saturated rings. The highest BCUT2D eigenvalue weighted by Crippen LogP contribution is 2.28. The lowest BCUT2D eigenvalue weighted by Crippen LogP contribution is -2.20. The summed E-state index contributed by atoms with van der Waals surface area (Å²) in [6.45, 7) is 1.42. The molecule has 0 atom stereocenters. The molecular weight excluding hydrogens is 486 g/mol. The van der Waals surface area contributed by atoms with E-state index < -0.39 is 15.9 Å². The van der Waals surface area contributed by atoms with Crippen molar-refractivity contribution in [1.82, 2.24) is 5.16 Å². The lowest BCUT2D eigenvalue weighted by Gasteiger charge is -2.10. The second-order valence-electron chi connectivity index (χ2n) is 5.86. The van der Waals surface area contributed by atoms with Crippen LogP contribution in [0.4, 0.5) is 11.5 Å². The van der Waals surface area contributed by atoms with Gasteiger partial charge in [0.05, 0.1) is 9.37 Å². The van der Waals surface area contributed by atoms with Crippen molar-refractivity contribution >= 4 is 55.0 Å². The van der Waals surface area contributed by atoms with E-state index in [1.807, 2.05) is 0 Å². The summed E-state index contributed by atoms with van der Waals surface area (Å²) in [5, 5.41) is 6.76. The molecule has 0 aliphatic heterocycles. The van der Waals surface area contributed by atoms with Gasteiger partial charge in [-0.1, -0.05) is 16.8 Å². The minimum atomic E-state index is -3.83. The number of aromatic nitrogens is 1. The Hall–Kier alpha value is -2.56. The van der Waals surface area contributed by atoms with Crippen molar-refractivity contribution < 1.29 is 22.5 Å². The van der Waals surface area contributed by atoms with Gasteiger partial charge in [-0.3, -0.25) is 9.52 Å². The Labute approximate surface area is 180 Å². The van der Waals surface area contributed by atoms with Crippen LogP contribution in [0.1, 0.15) is 5.76 Å². The molecule has 1 heterocycles. The van der Waals surface area contributed by atoms with Gasteiger partial charge in [0.2, 0.25) is 0 Å². The molecule has 152 valence electrons. The Kier molecular flexibility index (Phi) is 6.46. The van der Waals surface area contributed by atoms with Gasteiger partial charge in [0, 0.05) is 16.8 Å². The SMILES string of the molecule is Cc1cc(NS(=O)(=O)c2ccc(NC(=O)COc3ccc(Cl)cc3Br)cc2)no1. The fraction of sp³-hybridized carbons (Fsp3) is 0.111. The molecule has 3 aromatic rings. The number of rotatable bonds is 7. The van der Waals surface area contributed by atoms with Gasteiger partial charge in [0.15, 0.2) is 12.4 Å². The maximum absolute atomic E-state index is 12.3. The minimum absolute atomic E-state index is 0.0116. The molecule has 2 N–H and O–H groups in total. The summed E-state index contributed by atoms with van der Waals surface area (Å²) in [6.07, 6.45) is 0. The summed E-state index contributed by atoms with van der Waals surface area (Å²) in [5.74, 6) is 0.637. The topological polar surface area (TPSA) is 111 Å². The number of nitrogens with zero attached hydrogens (tertiary/aromatic N) is 1. The van der Waals surface area contributed by atoms with E-state index in [0.29, 0.717) is 26.7 Å². The molecule has 1 amide bonds. The quantitative estimate of drug-likeness (QED) is 0.503. The summed E-state index contributed by atoms with van der Waals surface area (Å²) >= 11 is 9.16. The van der Waals surface area contributed by atoms with Gasteiger partial charge in [0.25, 0.3) is 15.9 Å². The normalized spacial score (nSPS) is 11.1. The maximum Gasteiger partial charge on any atom is 0.263 e. The average molecular weight is 501 g/mol. The number of carbonyl (C=O) groups excluding carboxylic acids is 1. The minimum Gasteiger partial charge on any atom is -0.483 e. The second-order valence-corrected chi connectivity index (χ2v) is 8.84. The average Bonchev–Trinajstić information content (AvgIpc) is 3.05. The Balaban J connectivity index is 1.58. The van der Waals surface area contributed by atoms with Crippen LogP contribution >= 0.6 is 27.5 Å². The molecule has 8 nitrogen and oxygen atoms in total. The third kappa shape index (κ3) is 5.72. The van der Waals surface area contributed by atoms with Crippen LogP contribution in [0.3, 0.4) is 0 Å². The number of hydrogen-bond acceptors (Lipinski definition) is 6. The first kappa shape index (κ1) is 21.2. The smallest absolute Gasteiger partial charge is 0.263 e. The van der Waals surface area contributed by atoms with Crippen LogP contribution in [-0.4, -0.2) is 26.1 Å². The number of halogens is 2. The van der Waals surface area contributed by atoms with Crippen LogP contribution < -0.4 is 14.8 Å². The van der Waals surface area contributed by atoms with Gasteiger partial charge in [-0.15, -0.1) is 0 Å². The van der Waals surface area contributed by atoms with Gasteiger partial charge in [-0.25, -0.2) is 8.42 Å². The molecule has 0 saturated heterocycles. The highest BCUT2D eigenvalue weighted by molar-refractivity contribution is 9.10. The molecule has 11 heteroatoms. The Morgan fingerprint density at radius 2 is 1.93 bits per heavy atom. The predicted octanol–water partition coefficient (Wildman–Crippen LogP) is 4.22. The summed E-state index contributed by atoms with van der Waals surface area (Å²) in [5.41, 5.74) is 0.421. The largest absolute Gasteiger partial charge is 0.483 e. The van der Waals surface area contributed by atoms with Gasteiger partial charge < -0.3 is 14.6 Å². The van der Waals surface area contributed by atoms with Crippen LogP contribution in [0.2, 0.25) is 5.02 Å². The van der Waals surface area contributed by atoms with Gasteiger partial charge in [-0.2, -0.15) is 0 Å². The van der Waals surface area contributed by atoms with Crippen molar-refractivity contribution in [2.75, 3.05) is 16.6 Å². The van der Waals surface area contributed by atoms with Crippen molar-refractivity contribution in [3.63, 3.8) is 0 Å². The van der Waals surface area contributed by atoms with Crippen molar-refractivity contribution in [1.29, 1.82) is 0 Å². The Morgan fingerprint density at radius 3 is 2.55 bits per heavy atom. The molecule has 29 heavy (non-hydrogen) atoms. The number of anilines is 2. The molecule has 1 aromatic heterocycles. The fourth-order valence-corrected chi connectivity index (χ4v) is 4.04. The standard InChI is InChI=1S/C18H15BrClN3O5S/c1-11-8-17(22-28-11)23-29(25,26)14-5-3-13(4-6-14)21-18(24)10-27-16-7-2-12(20)9-15(16)19/h2-9H,10H2,1H3,(H,21,24)(H,22,23). The molecule has 0 radical (unpaired) electrons. The number of nitrogens with one attached hydrogen (secondary N) is 2. The van der Waals surface area contributed by atoms with E-state index in [9.17, 15) is 13.2 Å². The number of benzene rings is 2. The van der Waals surface area contributed by atoms with Gasteiger partial charge in [-0.05, 0) is 65.3 Å². The molecule has 2 aromatic carbocycles. The molecule has 0 bridgehead atoms. The highest BCUT2D eigenvalue weighted by Gasteiger charge is 2.16. The van der Waals surface area contributed by atoms with Crippen molar-refractivity contribution in [2.24, 2.45) is 0 Å². The maximum atomic E-state index is 12.3. The molecule has 0 spiro atoms. The number of sulfonamides is 1. The molecule has 0 aliphatic rings. The summed E-state index contributed by atoms with van der Waals surface area (Å²) in [4.78, 5) is 12.1. The lowest BCUT2D eigenvalue weighted by atomic mass is 10.3. The van der Waals surface area contributed by atoms with E-state index in [-0.39, 0.29) is 17.3 Å². The molecule has 0 aliphatic carbocycles. The van der Waals surface area contributed by atoms with Crippen LogP contribution in [0.25, 0.3) is 0 Å². The Morgan fingerprint density at radius 1 is 1.21 bits per heavy atom. The van der Waals surface area contributed by atoms with E-state index in [1.165, 1.54) is 30.3 Å². The van der Waals surface area contributed by atoms with E-state index in [1.54, 1.807) is 25.1 Å². The molecule has 3 rings (SSSR count). The predicted molar refractivity (Wildman–Crippen MR) is 112 cm³/mol. The van der Waals surface area contributed by atoms with Gasteiger partial charge >= 0.3 is 0 Å². The molecular formula is C18H15BrClN3O5S. The summed E-state index contributed by atoms with van der Waals surface area (Å²) in [6, 6.07) is 12.1. The summed E-state index contributed by atoms with van der Waals surface area (Å²) in [7, 11) is -3.83. The number of hydrogen-bond donors (Lipinski definition) is 2. The van der Waals surface area contributed by atoms with E-state index in [0.717, 1.165) is 0 Å². The van der Waals surface area contributed by atoms with Crippen LogP contribution in [0.5, 0.6) is 5.75 Å². The zero-order valence-electron chi connectivity index (χ0n) is 15.0. The fourth-order valence-electron chi connectivity index (χ4n) is 2.26. The number of ether oxygens (including phenoxy) is 1. The van der Waals surface area contributed by atoms with Crippen molar-refractivity contribution in [3.8, 4) is 5.75 Å². The second kappa shape index (κ2) is 8.85. The number of carbonyl (C=O) groups is 1. The van der Waals surface area contributed by atoms with E-state index in [4.69, 9.17) is 20.9 Å². The Bertz CT molecular complexity index is 1130. The summed E-state index contributed by atoms with van der Waals surface area (Å²) < 4.78 is 37.9. The third-order valence-electron chi connectivity index (χ3n) is 3.57. The molecule has 0 saturated carbocycles. The number of amides is 1. The number of aryl methyl sites for hydroxylation is 1. The van der Waals surface area contributed by atoms with Crippen LogP contribution in [0, 0.1) is 6.92 Å². The van der Waals surface area contributed by atoms with Crippen molar-refractivity contribution in [2.45, 2.75) is 11.8 Å². The van der Waals surface area contributed by atoms with E-state index in [2.05, 4.69) is 31.1 Å². The van der Waals surface area contributed by atoms with Gasteiger partial charge in [0.1, 0.15) is 11.5 Å². The first-order chi connectivity index (χ1) is 13.7. The highest BCUT2D eigenvalue weighted by atomic mass is 79.9. The first-order valence-electron chi connectivity index (χ1n) is 8.17. The van der Waals surface area contributed by atoms with Crippen LogP contribution in [0.15, 0.2) is 62.4 Å². The van der Waals surface area contributed by atoms with E-state index >= 15 is 0 Å². The molecule has 0 unspecified atom stereocenters. The first-order valence-corrected chi connectivity index (χ1v) is 10.8.